The maximum atomic E-state index is 13.6. The van der Waals surface area contributed by atoms with Crippen LogP contribution in [0.1, 0.15) is 24.8 Å². The van der Waals surface area contributed by atoms with Crippen LogP contribution in [0, 0.1) is 11.7 Å². The van der Waals surface area contributed by atoms with Gasteiger partial charge in [-0.25, -0.2) is 9.18 Å². The largest absolute Gasteiger partial charge is 0.338 e. The molecule has 2 aliphatic heterocycles. The van der Waals surface area contributed by atoms with Gasteiger partial charge in [0.05, 0.1) is 0 Å². The Labute approximate surface area is 159 Å². The van der Waals surface area contributed by atoms with Gasteiger partial charge in [0, 0.05) is 50.7 Å². The number of carbonyl (C=O) groups excluding carboxylic acids is 2. The molecule has 2 fully saturated rings. The van der Waals surface area contributed by atoms with Crippen LogP contribution < -0.4 is 11.1 Å². The highest BCUT2D eigenvalue weighted by atomic mass is 35.5. The van der Waals surface area contributed by atoms with Gasteiger partial charge in [-0.3, -0.25) is 4.79 Å². The van der Waals surface area contributed by atoms with Gasteiger partial charge < -0.3 is 20.9 Å². The Kier molecular flexibility index (Phi) is 7.23. The number of likely N-dealkylation sites (tertiary alicyclic amines) is 2. The van der Waals surface area contributed by atoms with E-state index in [0.29, 0.717) is 38.2 Å². The molecule has 0 spiro atoms. The second-order valence-corrected chi connectivity index (χ2v) is 6.73. The first kappa shape index (κ1) is 20.5. The predicted molar refractivity (Wildman–Crippen MR) is 99.4 cm³/mol. The molecule has 1 aromatic carbocycles. The van der Waals surface area contributed by atoms with Crippen LogP contribution in [0.4, 0.5) is 9.18 Å². The van der Waals surface area contributed by atoms with E-state index < -0.39 is 0 Å². The first-order valence-electron chi connectivity index (χ1n) is 8.86. The molecule has 26 heavy (non-hydrogen) atoms. The summed E-state index contributed by atoms with van der Waals surface area (Å²) in [5, 5.41) is 2.80. The van der Waals surface area contributed by atoms with E-state index in [0.717, 1.165) is 12.8 Å². The summed E-state index contributed by atoms with van der Waals surface area (Å²) in [6.45, 7) is 2.44. The van der Waals surface area contributed by atoms with Crippen molar-refractivity contribution in [3.8, 4) is 0 Å². The van der Waals surface area contributed by atoms with Crippen LogP contribution in [0.3, 0.4) is 0 Å². The monoisotopic (exact) mass is 384 g/mol. The van der Waals surface area contributed by atoms with Gasteiger partial charge in [-0.15, -0.1) is 12.4 Å². The third-order valence-corrected chi connectivity index (χ3v) is 5.19. The van der Waals surface area contributed by atoms with Gasteiger partial charge in [-0.2, -0.15) is 0 Å². The Morgan fingerprint density at radius 3 is 2.81 bits per heavy atom. The van der Waals surface area contributed by atoms with Crippen molar-refractivity contribution >= 4 is 24.3 Å². The number of nitrogens with one attached hydrogen (secondary N) is 1. The molecule has 0 aliphatic carbocycles. The van der Waals surface area contributed by atoms with E-state index in [1.807, 2.05) is 4.90 Å². The molecule has 144 valence electrons. The summed E-state index contributed by atoms with van der Waals surface area (Å²) in [6, 6.07) is 6.44. The third-order valence-electron chi connectivity index (χ3n) is 5.19. The molecule has 8 heteroatoms. The zero-order chi connectivity index (χ0) is 17.8. The van der Waals surface area contributed by atoms with Gasteiger partial charge in [0.15, 0.2) is 0 Å². The number of benzene rings is 1. The van der Waals surface area contributed by atoms with E-state index in [4.69, 9.17) is 5.73 Å². The van der Waals surface area contributed by atoms with Crippen molar-refractivity contribution in [2.45, 2.75) is 31.8 Å². The van der Waals surface area contributed by atoms with E-state index in [2.05, 4.69) is 5.32 Å². The summed E-state index contributed by atoms with van der Waals surface area (Å²) in [4.78, 5) is 28.2. The van der Waals surface area contributed by atoms with E-state index in [1.54, 1.807) is 23.1 Å². The Hall–Kier alpha value is -1.86. The highest BCUT2D eigenvalue weighted by Crippen LogP contribution is 2.31. The minimum atomic E-state index is -0.315. The Bertz CT molecular complexity index is 645. The SMILES string of the molecule is Cl.NCCN1C(=O)CC[C@H]2CN(C(=O)NCc3ccccc3F)CC[C@H]21. The maximum Gasteiger partial charge on any atom is 0.317 e. The lowest BCUT2D eigenvalue weighted by Crippen LogP contribution is -2.58. The highest BCUT2D eigenvalue weighted by molar-refractivity contribution is 5.85. The number of piperidine rings is 2. The van der Waals surface area contributed by atoms with Crippen LogP contribution in [0.5, 0.6) is 0 Å². The number of carbonyl (C=O) groups is 2. The van der Waals surface area contributed by atoms with Crippen LogP contribution in [-0.2, 0) is 11.3 Å². The average molecular weight is 385 g/mol. The fourth-order valence-corrected chi connectivity index (χ4v) is 3.89. The molecular formula is C18H26ClFN4O2. The summed E-state index contributed by atoms with van der Waals surface area (Å²) in [6.07, 6.45) is 2.09. The van der Waals surface area contributed by atoms with Crippen molar-refractivity contribution < 1.29 is 14.0 Å². The van der Waals surface area contributed by atoms with Crippen molar-refractivity contribution in [2.75, 3.05) is 26.2 Å². The Balaban J connectivity index is 0.00000243. The van der Waals surface area contributed by atoms with Crippen molar-refractivity contribution in [3.05, 3.63) is 35.6 Å². The van der Waals surface area contributed by atoms with Crippen molar-refractivity contribution in [3.63, 3.8) is 0 Å². The number of nitrogens with two attached hydrogens (primary N) is 1. The van der Waals surface area contributed by atoms with E-state index >= 15 is 0 Å². The molecule has 0 aromatic heterocycles. The van der Waals surface area contributed by atoms with Crippen LogP contribution in [-0.4, -0.2) is 54.0 Å². The summed E-state index contributed by atoms with van der Waals surface area (Å²) in [7, 11) is 0. The van der Waals surface area contributed by atoms with Crippen LogP contribution in [0.25, 0.3) is 0 Å². The lowest BCUT2D eigenvalue weighted by Gasteiger charge is -2.47. The molecule has 1 aromatic rings. The summed E-state index contributed by atoms with van der Waals surface area (Å²) in [5.41, 5.74) is 6.10. The van der Waals surface area contributed by atoms with Crippen molar-refractivity contribution in [1.29, 1.82) is 0 Å². The fraction of sp³-hybridized carbons (Fsp3) is 0.556. The van der Waals surface area contributed by atoms with Gasteiger partial charge in [0.1, 0.15) is 5.82 Å². The van der Waals surface area contributed by atoms with Gasteiger partial charge >= 0.3 is 6.03 Å². The minimum Gasteiger partial charge on any atom is -0.338 e. The minimum absolute atomic E-state index is 0. The van der Waals surface area contributed by atoms with Crippen molar-refractivity contribution in [2.24, 2.45) is 11.7 Å². The number of urea groups is 1. The number of nitrogens with zero attached hydrogens (tertiary/aromatic N) is 2. The van der Waals surface area contributed by atoms with E-state index in [-0.39, 0.29) is 48.7 Å². The lowest BCUT2D eigenvalue weighted by molar-refractivity contribution is -0.140. The smallest absolute Gasteiger partial charge is 0.317 e. The molecule has 2 saturated heterocycles. The standard InChI is InChI=1S/C18H25FN4O2.ClH/c19-15-4-2-1-3-13(15)11-21-18(25)22-9-7-16-14(12-22)5-6-17(24)23(16)10-8-20;/h1-4,14,16H,5-12,20H2,(H,21,25);1H/t14-,16+;/m0./s1. The second-order valence-electron chi connectivity index (χ2n) is 6.73. The summed E-state index contributed by atoms with van der Waals surface area (Å²) in [5.74, 6) is 0.145. The average Bonchev–Trinajstić information content (AvgIpc) is 2.63. The molecule has 3 rings (SSSR count). The number of hydrogen-bond acceptors (Lipinski definition) is 3. The lowest BCUT2D eigenvalue weighted by atomic mass is 9.83. The number of halogens is 2. The topological polar surface area (TPSA) is 78.7 Å². The third kappa shape index (κ3) is 4.45. The molecule has 3 amide bonds. The fourth-order valence-electron chi connectivity index (χ4n) is 3.89. The molecule has 0 radical (unpaired) electrons. The number of amides is 3. The van der Waals surface area contributed by atoms with Crippen LogP contribution in [0.15, 0.2) is 24.3 Å². The summed E-state index contributed by atoms with van der Waals surface area (Å²) < 4.78 is 13.6. The van der Waals surface area contributed by atoms with Gasteiger partial charge in [0.2, 0.25) is 5.91 Å². The Morgan fingerprint density at radius 1 is 1.31 bits per heavy atom. The van der Waals surface area contributed by atoms with Gasteiger partial charge in [0.25, 0.3) is 0 Å². The van der Waals surface area contributed by atoms with Crippen LogP contribution in [0.2, 0.25) is 0 Å². The number of fused-ring (bicyclic) bond motifs is 1. The maximum absolute atomic E-state index is 13.6. The van der Waals surface area contributed by atoms with E-state index in [1.165, 1.54) is 6.07 Å². The zero-order valence-electron chi connectivity index (χ0n) is 14.7. The molecule has 6 nitrogen and oxygen atoms in total. The molecule has 2 atom stereocenters. The van der Waals surface area contributed by atoms with Gasteiger partial charge in [-0.05, 0) is 24.8 Å². The number of rotatable bonds is 4. The molecule has 0 bridgehead atoms. The molecule has 2 heterocycles. The molecule has 3 N–H and O–H groups in total. The summed E-state index contributed by atoms with van der Waals surface area (Å²) >= 11 is 0. The normalized spacial score (nSPS) is 22.5. The quantitative estimate of drug-likeness (QED) is 0.829. The number of hydrogen-bond donors (Lipinski definition) is 2. The zero-order valence-corrected chi connectivity index (χ0v) is 15.5. The molecule has 0 unspecified atom stereocenters. The van der Waals surface area contributed by atoms with Gasteiger partial charge in [-0.1, -0.05) is 18.2 Å². The van der Waals surface area contributed by atoms with Crippen LogP contribution >= 0.6 is 12.4 Å². The predicted octanol–water partition coefficient (Wildman–Crippen LogP) is 1.73. The molecule has 0 saturated carbocycles. The second kappa shape index (κ2) is 9.19. The molecular weight excluding hydrogens is 359 g/mol. The first-order valence-corrected chi connectivity index (χ1v) is 8.86. The first-order chi connectivity index (χ1) is 12.1. The van der Waals surface area contributed by atoms with Crippen molar-refractivity contribution in [1.82, 2.24) is 15.1 Å². The Morgan fingerprint density at radius 2 is 2.08 bits per heavy atom. The molecule has 2 aliphatic rings. The van der Waals surface area contributed by atoms with E-state index in [9.17, 15) is 14.0 Å². The highest BCUT2D eigenvalue weighted by Gasteiger charge is 2.39.